The lowest BCUT2D eigenvalue weighted by Crippen LogP contribution is -2.03. The second kappa shape index (κ2) is 11.9. The largest absolute Gasteiger partial charge is 0.452 e. The van der Waals surface area contributed by atoms with Crippen molar-refractivity contribution in [2.75, 3.05) is 0 Å². The lowest BCUT2D eigenvalue weighted by molar-refractivity contribution is 0.667. The fourth-order valence-electron chi connectivity index (χ4n) is 9.98. The van der Waals surface area contributed by atoms with Gasteiger partial charge >= 0.3 is 0 Å². The highest BCUT2D eigenvalue weighted by Gasteiger charge is 2.26. The molecule has 0 atom stereocenters. The second-order valence-corrected chi connectivity index (χ2v) is 16.7. The molecule has 5 nitrogen and oxygen atoms in total. The summed E-state index contributed by atoms with van der Waals surface area (Å²) < 4.78 is 14.0. The number of thiophene rings is 1. The molecule has 0 amide bonds. The summed E-state index contributed by atoms with van der Waals surface area (Å²) in [6.45, 7) is 0. The topological polar surface area (TPSA) is 48.8 Å². The van der Waals surface area contributed by atoms with Crippen LogP contribution in [0.1, 0.15) is 0 Å². The molecule has 5 aromatic heterocycles. The standard InChI is InChI=1S/C54H30N4OS/c1-3-16-32(17-4-1)49-52-50(47-34-20-8-7-15-31(34)27-28-44(47)59-52)56-54(55-49)58-42-26-14-12-24-38(42)46-36-22-9-10-23-37(36)53-48(51(46)58)40-29-39-35-21-11-13-25-41(35)57(33-18-5-2-6-19-33)43(39)30-45(40)60-53/h1-30H. The SMILES string of the molecule is c1ccc(-c2nc(-n3c4ccccc4c4c5ccccc5c5sc6cc7c(cc6c5c43)c3ccccc3n7-c3ccccc3)nc3c2oc2ccc4ccccc4c23)cc1. The molecule has 14 rings (SSSR count). The molecule has 9 aromatic carbocycles. The highest BCUT2D eigenvalue weighted by Crippen LogP contribution is 2.50. The highest BCUT2D eigenvalue weighted by atomic mass is 32.1. The number of fused-ring (bicyclic) bond motifs is 18. The number of nitrogens with zero attached hydrogens (tertiary/aromatic N) is 4. The quantitative estimate of drug-likeness (QED) is 0.179. The van der Waals surface area contributed by atoms with Crippen LogP contribution in [-0.2, 0) is 0 Å². The Morgan fingerprint density at radius 1 is 0.450 bits per heavy atom. The fourth-order valence-corrected chi connectivity index (χ4v) is 11.2. The van der Waals surface area contributed by atoms with Gasteiger partial charge in [-0.05, 0) is 58.6 Å². The Hall–Kier alpha value is -7.80. The minimum absolute atomic E-state index is 0.612. The summed E-state index contributed by atoms with van der Waals surface area (Å²) in [5.74, 6) is 0.612. The molecule has 0 aliphatic heterocycles. The van der Waals surface area contributed by atoms with E-state index >= 15 is 0 Å². The molecule has 0 bridgehead atoms. The van der Waals surface area contributed by atoms with Gasteiger partial charge in [-0.15, -0.1) is 11.3 Å². The third-order valence-electron chi connectivity index (χ3n) is 12.5. The Balaban J connectivity index is 1.20. The summed E-state index contributed by atoms with van der Waals surface area (Å²) in [5.41, 5.74) is 9.74. The molecule has 0 unspecified atom stereocenters. The van der Waals surface area contributed by atoms with Crippen molar-refractivity contribution < 1.29 is 4.42 Å². The van der Waals surface area contributed by atoms with Crippen LogP contribution in [0.5, 0.6) is 0 Å². The van der Waals surface area contributed by atoms with Gasteiger partial charge in [0.05, 0.1) is 27.5 Å². The molecule has 0 aliphatic rings. The minimum atomic E-state index is 0.612. The predicted octanol–water partition coefficient (Wildman–Crippen LogP) is 14.9. The number of furan rings is 1. The van der Waals surface area contributed by atoms with E-state index in [1.54, 1.807) is 0 Å². The highest BCUT2D eigenvalue weighted by molar-refractivity contribution is 7.27. The molecule has 0 saturated heterocycles. The van der Waals surface area contributed by atoms with E-state index in [2.05, 4.69) is 185 Å². The van der Waals surface area contributed by atoms with Crippen molar-refractivity contribution in [3.05, 3.63) is 182 Å². The first-order valence-corrected chi connectivity index (χ1v) is 21.1. The van der Waals surface area contributed by atoms with Gasteiger partial charge < -0.3 is 8.98 Å². The van der Waals surface area contributed by atoms with Crippen LogP contribution in [0.3, 0.4) is 0 Å². The second-order valence-electron chi connectivity index (χ2n) is 15.7. The van der Waals surface area contributed by atoms with Crippen LogP contribution in [0, 0.1) is 0 Å². The molecule has 0 fully saturated rings. The van der Waals surface area contributed by atoms with E-state index in [9.17, 15) is 0 Å². The zero-order valence-corrected chi connectivity index (χ0v) is 32.7. The van der Waals surface area contributed by atoms with E-state index in [-0.39, 0.29) is 0 Å². The molecular weight excluding hydrogens is 753 g/mol. The van der Waals surface area contributed by atoms with Crippen molar-refractivity contribution in [2.24, 2.45) is 0 Å². The lowest BCUT2D eigenvalue weighted by atomic mass is 9.99. The molecule has 278 valence electrons. The van der Waals surface area contributed by atoms with Gasteiger partial charge in [-0.1, -0.05) is 140 Å². The third-order valence-corrected chi connectivity index (χ3v) is 13.7. The summed E-state index contributed by atoms with van der Waals surface area (Å²) >= 11 is 1.87. The summed E-state index contributed by atoms with van der Waals surface area (Å²) in [7, 11) is 0. The summed E-state index contributed by atoms with van der Waals surface area (Å²) in [4.78, 5) is 11.1. The van der Waals surface area contributed by atoms with Crippen molar-refractivity contribution in [2.45, 2.75) is 0 Å². The van der Waals surface area contributed by atoms with E-state index in [0.717, 1.165) is 55.2 Å². The molecule has 14 aromatic rings. The van der Waals surface area contributed by atoms with Gasteiger partial charge in [0.2, 0.25) is 5.95 Å². The number of para-hydroxylation sites is 3. The molecule has 0 N–H and O–H groups in total. The van der Waals surface area contributed by atoms with Crippen LogP contribution in [0.25, 0.3) is 130 Å². The Morgan fingerprint density at radius 2 is 1.12 bits per heavy atom. The first-order chi connectivity index (χ1) is 29.8. The third kappa shape index (κ3) is 4.24. The van der Waals surface area contributed by atoms with Gasteiger partial charge in [-0.2, -0.15) is 0 Å². The van der Waals surface area contributed by atoms with E-state index in [1.165, 1.54) is 63.5 Å². The Morgan fingerprint density at radius 3 is 1.93 bits per heavy atom. The van der Waals surface area contributed by atoms with E-state index in [0.29, 0.717) is 11.5 Å². The Labute approximate surface area is 345 Å². The molecule has 60 heavy (non-hydrogen) atoms. The maximum atomic E-state index is 6.74. The number of benzene rings is 9. The van der Waals surface area contributed by atoms with Crippen LogP contribution >= 0.6 is 11.3 Å². The first kappa shape index (κ1) is 32.2. The molecule has 0 saturated carbocycles. The van der Waals surface area contributed by atoms with Crippen LogP contribution in [0.2, 0.25) is 0 Å². The summed E-state index contributed by atoms with van der Waals surface area (Å²) in [5, 5.41) is 13.0. The van der Waals surface area contributed by atoms with Crippen LogP contribution in [0.4, 0.5) is 0 Å². The van der Waals surface area contributed by atoms with Crippen LogP contribution in [-0.4, -0.2) is 19.1 Å². The van der Waals surface area contributed by atoms with Gasteiger partial charge in [0.25, 0.3) is 0 Å². The van der Waals surface area contributed by atoms with Gasteiger partial charge in [0.15, 0.2) is 5.58 Å². The van der Waals surface area contributed by atoms with Gasteiger partial charge in [-0.3, -0.25) is 4.57 Å². The maximum absolute atomic E-state index is 6.74. The maximum Gasteiger partial charge on any atom is 0.236 e. The van der Waals surface area contributed by atoms with Crippen molar-refractivity contribution >= 4 is 119 Å². The molecule has 0 spiro atoms. The van der Waals surface area contributed by atoms with E-state index < -0.39 is 0 Å². The molecule has 6 heteroatoms. The Kier molecular flexibility index (Phi) is 6.38. The molecule has 0 radical (unpaired) electrons. The summed E-state index contributed by atoms with van der Waals surface area (Å²) in [6.07, 6.45) is 0. The average Bonchev–Trinajstić information content (AvgIpc) is 4.06. The monoisotopic (exact) mass is 782 g/mol. The Bertz CT molecular complexity index is 4120. The number of hydrogen-bond donors (Lipinski definition) is 0. The van der Waals surface area contributed by atoms with Crippen molar-refractivity contribution in [3.63, 3.8) is 0 Å². The van der Waals surface area contributed by atoms with Crippen LogP contribution < -0.4 is 0 Å². The zero-order chi connectivity index (χ0) is 39.1. The summed E-state index contributed by atoms with van der Waals surface area (Å²) in [6, 6.07) is 65.0. The normalized spacial score (nSPS) is 12.3. The van der Waals surface area contributed by atoms with Crippen molar-refractivity contribution in [1.29, 1.82) is 0 Å². The van der Waals surface area contributed by atoms with Gasteiger partial charge in [0.1, 0.15) is 16.8 Å². The van der Waals surface area contributed by atoms with Crippen LogP contribution in [0.15, 0.2) is 186 Å². The predicted molar refractivity (Wildman–Crippen MR) is 251 cm³/mol. The molecule has 0 aliphatic carbocycles. The molecular formula is C54H30N4OS. The van der Waals surface area contributed by atoms with Crippen molar-refractivity contribution in [1.82, 2.24) is 19.1 Å². The van der Waals surface area contributed by atoms with Crippen molar-refractivity contribution in [3.8, 4) is 22.9 Å². The van der Waals surface area contributed by atoms with E-state index in [4.69, 9.17) is 14.4 Å². The lowest BCUT2D eigenvalue weighted by Gasteiger charge is -2.11. The first-order valence-electron chi connectivity index (χ1n) is 20.2. The fraction of sp³-hybridized carbons (Fsp3) is 0. The smallest absolute Gasteiger partial charge is 0.236 e. The zero-order valence-electron chi connectivity index (χ0n) is 31.9. The number of hydrogen-bond acceptors (Lipinski definition) is 4. The van der Waals surface area contributed by atoms with E-state index in [1.807, 2.05) is 17.4 Å². The average molecular weight is 783 g/mol. The van der Waals surface area contributed by atoms with Gasteiger partial charge in [0, 0.05) is 58.4 Å². The minimum Gasteiger partial charge on any atom is -0.452 e. The number of rotatable bonds is 3. The van der Waals surface area contributed by atoms with Gasteiger partial charge in [-0.25, -0.2) is 9.97 Å². The number of aromatic nitrogens is 4. The molecule has 5 heterocycles.